The monoisotopic (exact) mass is 561 g/mol. The van der Waals surface area contributed by atoms with Crippen molar-refractivity contribution in [1.82, 2.24) is 4.90 Å². The molecule has 1 N–H and O–H groups in total. The van der Waals surface area contributed by atoms with Crippen molar-refractivity contribution in [2.45, 2.75) is 69.6 Å². The quantitative estimate of drug-likeness (QED) is 0.454. The first-order valence-corrected chi connectivity index (χ1v) is 14.4. The summed E-state index contributed by atoms with van der Waals surface area (Å²) in [5.74, 6) is -2.02. The van der Waals surface area contributed by atoms with Crippen molar-refractivity contribution in [2.75, 3.05) is 5.75 Å². The predicted octanol–water partition coefficient (Wildman–Crippen LogP) is 5.53. The van der Waals surface area contributed by atoms with E-state index in [-0.39, 0.29) is 5.75 Å². The normalized spacial score (nSPS) is 22.3. The number of ether oxygens (including phenoxy) is 1. The number of hydrogen-bond donors (Lipinski definition) is 1. The molecule has 1 saturated heterocycles. The lowest BCUT2D eigenvalue weighted by atomic mass is 9.93. The summed E-state index contributed by atoms with van der Waals surface area (Å²) in [6.07, 6.45) is -2.27. The summed E-state index contributed by atoms with van der Waals surface area (Å²) in [6, 6.07) is 8.99. The molecule has 2 aromatic rings. The number of sulfone groups is 1. The maximum absolute atomic E-state index is 13.7. The van der Waals surface area contributed by atoms with Crippen molar-refractivity contribution in [3.05, 3.63) is 56.2 Å². The smallest absolute Gasteiger partial charge is 0.306 e. The van der Waals surface area contributed by atoms with Gasteiger partial charge in [0.15, 0.2) is 9.84 Å². The van der Waals surface area contributed by atoms with Crippen LogP contribution in [0.1, 0.15) is 63.1 Å². The van der Waals surface area contributed by atoms with Gasteiger partial charge in [0, 0.05) is 15.9 Å². The van der Waals surface area contributed by atoms with Crippen LogP contribution in [0.25, 0.3) is 0 Å². The Morgan fingerprint density at radius 1 is 1.23 bits per heavy atom. The fourth-order valence-electron chi connectivity index (χ4n) is 4.08. The van der Waals surface area contributed by atoms with E-state index in [1.807, 2.05) is 6.92 Å². The zero-order valence-electron chi connectivity index (χ0n) is 19.9. The van der Waals surface area contributed by atoms with E-state index in [1.165, 1.54) is 16.2 Å². The molecule has 0 saturated carbocycles. The summed E-state index contributed by atoms with van der Waals surface area (Å²) in [4.78, 5) is 27.5. The van der Waals surface area contributed by atoms with Gasteiger partial charge in [-0.2, -0.15) is 0 Å². The van der Waals surface area contributed by atoms with Crippen molar-refractivity contribution in [3.8, 4) is 0 Å². The highest BCUT2D eigenvalue weighted by atomic mass is 35.5. The highest BCUT2D eigenvalue weighted by Crippen LogP contribution is 2.47. The Bertz CT molecular complexity index is 1190. The van der Waals surface area contributed by atoms with E-state index in [9.17, 15) is 23.1 Å². The van der Waals surface area contributed by atoms with E-state index in [0.29, 0.717) is 26.2 Å². The molecule has 0 bridgehead atoms. The summed E-state index contributed by atoms with van der Waals surface area (Å²) in [6.45, 7) is 6.67. The van der Waals surface area contributed by atoms with Crippen LogP contribution in [0.3, 0.4) is 0 Å². The first-order valence-electron chi connectivity index (χ1n) is 11.2. The summed E-state index contributed by atoms with van der Waals surface area (Å²) < 4.78 is 32.0. The van der Waals surface area contributed by atoms with Crippen LogP contribution in [0, 0.1) is 0 Å². The first kappa shape index (κ1) is 27.9. The summed E-state index contributed by atoms with van der Waals surface area (Å²) in [5, 5.41) is 9.92. The van der Waals surface area contributed by atoms with Crippen molar-refractivity contribution >= 4 is 56.3 Å². The van der Waals surface area contributed by atoms with Crippen LogP contribution in [-0.4, -0.2) is 52.9 Å². The highest BCUT2D eigenvalue weighted by molar-refractivity contribution is 7.92. The molecule has 4 atom stereocenters. The van der Waals surface area contributed by atoms with Gasteiger partial charge >= 0.3 is 5.97 Å². The van der Waals surface area contributed by atoms with Gasteiger partial charge in [-0.3, -0.25) is 9.59 Å². The third-order valence-corrected chi connectivity index (χ3v) is 10.3. The molecule has 0 radical (unpaired) electrons. The van der Waals surface area contributed by atoms with Crippen molar-refractivity contribution < 1.29 is 27.9 Å². The number of morpholine rings is 1. The molecule has 7 nitrogen and oxygen atoms in total. The Morgan fingerprint density at radius 3 is 2.43 bits per heavy atom. The van der Waals surface area contributed by atoms with E-state index >= 15 is 0 Å². The van der Waals surface area contributed by atoms with E-state index in [4.69, 9.17) is 27.9 Å². The Morgan fingerprint density at radius 2 is 1.91 bits per heavy atom. The fourth-order valence-corrected chi connectivity index (χ4v) is 6.86. The molecule has 1 amide bonds. The molecule has 35 heavy (non-hydrogen) atoms. The molecule has 11 heteroatoms. The highest BCUT2D eigenvalue weighted by Gasteiger charge is 2.49. The van der Waals surface area contributed by atoms with Gasteiger partial charge < -0.3 is 14.7 Å². The number of halogens is 2. The number of aliphatic carboxylic acids is 1. The molecule has 2 heterocycles. The van der Waals surface area contributed by atoms with Crippen LogP contribution in [0.15, 0.2) is 36.4 Å². The number of hydrogen-bond acceptors (Lipinski definition) is 6. The molecule has 3 rings (SSSR count). The van der Waals surface area contributed by atoms with Crippen LogP contribution >= 0.6 is 34.5 Å². The van der Waals surface area contributed by atoms with Gasteiger partial charge in [0.25, 0.3) is 5.91 Å². The van der Waals surface area contributed by atoms with Gasteiger partial charge in [-0.05, 0) is 57.0 Å². The molecule has 1 fully saturated rings. The number of rotatable bonds is 8. The van der Waals surface area contributed by atoms with Gasteiger partial charge in [-0.1, -0.05) is 42.3 Å². The Balaban J connectivity index is 2.19. The molecule has 0 aliphatic carbocycles. The number of nitrogens with zero attached hydrogens (tertiary/aromatic N) is 1. The number of carbonyl (C=O) groups excluding carboxylic acids is 1. The maximum atomic E-state index is 13.7. The van der Waals surface area contributed by atoms with Crippen molar-refractivity contribution in [3.63, 3.8) is 0 Å². The van der Waals surface area contributed by atoms with Gasteiger partial charge in [0.2, 0.25) is 0 Å². The van der Waals surface area contributed by atoms with Crippen LogP contribution in [0.5, 0.6) is 0 Å². The van der Waals surface area contributed by atoms with Gasteiger partial charge in [-0.25, -0.2) is 8.42 Å². The Hall–Kier alpha value is -1.65. The van der Waals surface area contributed by atoms with E-state index in [0.717, 1.165) is 0 Å². The minimum atomic E-state index is -3.61. The summed E-state index contributed by atoms with van der Waals surface area (Å²) >= 11 is 13.7. The van der Waals surface area contributed by atoms with Gasteiger partial charge in [0.1, 0.15) is 12.2 Å². The van der Waals surface area contributed by atoms with Crippen LogP contribution in [0.4, 0.5) is 0 Å². The Kier molecular flexibility index (Phi) is 8.59. The van der Waals surface area contributed by atoms with E-state index in [1.54, 1.807) is 57.2 Å². The molecule has 1 unspecified atom stereocenters. The first-order chi connectivity index (χ1) is 16.2. The number of carboxylic acid groups (broad SMARTS) is 1. The number of carbonyl (C=O) groups is 2. The molecule has 1 aliphatic rings. The topological polar surface area (TPSA) is 101 Å². The number of benzene rings is 1. The second-order valence-electron chi connectivity index (χ2n) is 9.49. The van der Waals surface area contributed by atoms with Crippen LogP contribution in [-0.2, 0) is 24.2 Å². The zero-order chi connectivity index (χ0) is 26.1. The lowest BCUT2D eigenvalue weighted by molar-refractivity contribution is -0.182. The minimum absolute atomic E-state index is 0.267. The molecule has 0 spiro atoms. The molecular formula is C24H29Cl2NO6S2. The second kappa shape index (κ2) is 10.8. The largest absolute Gasteiger partial charge is 0.481 e. The summed E-state index contributed by atoms with van der Waals surface area (Å²) in [5.41, 5.74) is 0.647. The van der Waals surface area contributed by atoms with E-state index < -0.39 is 57.2 Å². The SMILES string of the molecule is CCC(CS(=O)(=O)C(C)(C)C)N1C(=O)[C@@H](CC(=O)O)O[C@H](c2cccc(Cl)c2)[C@H]1c1ccc(Cl)s1. The third kappa shape index (κ3) is 6.20. The molecule has 1 aliphatic heterocycles. The summed E-state index contributed by atoms with van der Waals surface area (Å²) in [7, 11) is -3.61. The van der Waals surface area contributed by atoms with Gasteiger partial charge in [0.05, 0.1) is 27.3 Å². The molecule has 1 aromatic carbocycles. The average Bonchev–Trinajstić information content (AvgIpc) is 3.18. The number of carboxylic acids is 1. The molecule has 1 aromatic heterocycles. The fraction of sp³-hybridized carbons (Fsp3) is 0.500. The van der Waals surface area contributed by atoms with E-state index in [2.05, 4.69) is 0 Å². The predicted molar refractivity (Wildman–Crippen MR) is 138 cm³/mol. The number of amides is 1. The van der Waals surface area contributed by atoms with Crippen LogP contribution < -0.4 is 0 Å². The minimum Gasteiger partial charge on any atom is -0.481 e. The van der Waals surface area contributed by atoms with Crippen molar-refractivity contribution in [2.24, 2.45) is 0 Å². The average molecular weight is 563 g/mol. The van der Waals surface area contributed by atoms with Crippen LogP contribution in [0.2, 0.25) is 9.36 Å². The van der Waals surface area contributed by atoms with Gasteiger partial charge in [-0.15, -0.1) is 11.3 Å². The molecular weight excluding hydrogens is 533 g/mol. The standard InChI is InChI=1S/C24H29Cl2NO6S2/c1-5-16(13-35(31,32)24(2,3)4)27-21(18-9-10-19(26)34-18)22(14-7-6-8-15(25)11-14)33-17(23(27)30)12-20(28)29/h6-11,16-17,21-22H,5,12-13H2,1-4H3,(H,28,29)/t16?,17-,21-,22-/m1/s1. The Labute approximate surface area is 219 Å². The third-order valence-electron chi connectivity index (χ3n) is 6.06. The zero-order valence-corrected chi connectivity index (χ0v) is 23.0. The number of thiophene rings is 1. The lowest BCUT2D eigenvalue weighted by Crippen LogP contribution is -2.57. The van der Waals surface area contributed by atoms with Crippen molar-refractivity contribution in [1.29, 1.82) is 0 Å². The lowest BCUT2D eigenvalue weighted by Gasteiger charge is -2.47. The maximum Gasteiger partial charge on any atom is 0.306 e. The second-order valence-corrected chi connectivity index (χ2v) is 14.5. The molecule has 192 valence electrons.